The molecule has 0 fully saturated rings. The molecule has 0 aromatic carbocycles. The van der Waals surface area contributed by atoms with E-state index in [9.17, 15) is 4.79 Å². The average Bonchev–Trinajstić information content (AvgIpc) is 2.26. The first-order valence-corrected chi connectivity index (χ1v) is 5.57. The Morgan fingerprint density at radius 2 is 2.33 bits per heavy atom. The quantitative estimate of drug-likeness (QED) is 0.798. The Labute approximate surface area is 94.2 Å². The second-order valence-electron chi connectivity index (χ2n) is 3.13. The maximum Gasteiger partial charge on any atom is 0.326 e. The van der Waals surface area contributed by atoms with Crippen LogP contribution in [0.25, 0.3) is 0 Å². The molecule has 0 spiro atoms. The summed E-state index contributed by atoms with van der Waals surface area (Å²) in [7, 11) is 3.36. The number of carbonyl (C=O) groups is 1. The number of hydrogen-bond donors (Lipinski definition) is 1. The van der Waals surface area contributed by atoms with Crippen molar-refractivity contribution in [3.63, 3.8) is 0 Å². The minimum atomic E-state index is -0.0972. The van der Waals surface area contributed by atoms with Gasteiger partial charge in [0, 0.05) is 31.7 Å². The number of nitrogens with one attached hydrogen (secondary N) is 1. The van der Waals surface area contributed by atoms with Crippen LogP contribution in [0, 0.1) is 6.92 Å². The molecule has 0 saturated carbocycles. The van der Waals surface area contributed by atoms with E-state index in [1.54, 1.807) is 18.4 Å². The molecule has 1 N–H and O–H groups in total. The first-order valence-electron chi connectivity index (χ1n) is 4.63. The summed E-state index contributed by atoms with van der Waals surface area (Å²) in [6.07, 6.45) is 1.83. The normalized spacial score (nSPS) is 9.80. The Kier molecular flexibility index (Phi) is 4.42. The molecule has 0 aliphatic rings. The van der Waals surface area contributed by atoms with E-state index in [4.69, 9.17) is 0 Å². The molecule has 0 unspecified atom stereocenters. The Morgan fingerprint density at radius 1 is 1.60 bits per heavy atom. The lowest BCUT2D eigenvalue weighted by Crippen LogP contribution is -2.29. The lowest BCUT2D eigenvalue weighted by molar-refractivity contribution is 0.233. The first-order chi connectivity index (χ1) is 7.13. The number of hydrogen-bond acceptors (Lipinski definition) is 3. The van der Waals surface area contributed by atoms with Crippen molar-refractivity contribution in [2.45, 2.75) is 12.7 Å². The molecule has 0 aliphatic heterocycles. The van der Waals surface area contributed by atoms with Crippen LogP contribution in [0.5, 0.6) is 0 Å². The van der Waals surface area contributed by atoms with Crippen LogP contribution in [0.2, 0.25) is 0 Å². The van der Waals surface area contributed by atoms with E-state index in [1.165, 1.54) is 11.9 Å². The van der Waals surface area contributed by atoms with Gasteiger partial charge < -0.3 is 5.32 Å². The van der Waals surface area contributed by atoms with Crippen LogP contribution in [-0.4, -0.2) is 29.4 Å². The molecule has 15 heavy (non-hydrogen) atoms. The summed E-state index contributed by atoms with van der Waals surface area (Å²) in [6, 6.07) is 3.89. The van der Waals surface area contributed by atoms with Crippen molar-refractivity contribution < 1.29 is 4.79 Å². The zero-order valence-corrected chi connectivity index (χ0v) is 9.97. The van der Waals surface area contributed by atoms with Crippen LogP contribution in [-0.2, 0) is 5.75 Å². The van der Waals surface area contributed by atoms with Crippen molar-refractivity contribution in [1.82, 2.24) is 14.6 Å². The van der Waals surface area contributed by atoms with Gasteiger partial charge in [-0.05, 0) is 30.5 Å². The lowest BCUT2D eigenvalue weighted by Gasteiger charge is -2.14. The van der Waals surface area contributed by atoms with Crippen molar-refractivity contribution in [3.8, 4) is 0 Å². The number of urea groups is 1. The zero-order chi connectivity index (χ0) is 11.3. The minimum absolute atomic E-state index is 0.0972. The first kappa shape index (κ1) is 11.8. The predicted molar refractivity (Wildman–Crippen MR) is 62.5 cm³/mol. The van der Waals surface area contributed by atoms with Crippen molar-refractivity contribution in [1.29, 1.82) is 0 Å². The highest BCUT2D eigenvalue weighted by atomic mass is 32.2. The fourth-order valence-corrected chi connectivity index (χ4v) is 1.69. The van der Waals surface area contributed by atoms with Gasteiger partial charge in [-0.1, -0.05) is 6.07 Å². The maximum absolute atomic E-state index is 11.2. The van der Waals surface area contributed by atoms with Gasteiger partial charge in [0.05, 0.1) is 0 Å². The van der Waals surface area contributed by atoms with Crippen LogP contribution in [0.3, 0.4) is 0 Å². The van der Waals surface area contributed by atoms with Gasteiger partial charge >= 0.3 is 6.03 Å². The molecule has 0 radical (unpaired) electrons. The van der Waals surface area contributed by atoms with Crippen molar-refractivity contribution in [3.05, 3.63) is 29.6 Å². The minimum Gasteiger partial charge on any atom is -0.340 e. The maximum atomic E-state index is 11.2. The Balaban J connectivity index is 2.43. The molecule has 5 heteroatoms. The molecule has 0 bridgehead atoms. The van der Waals surface area contributed by atoms with E-state index >= 15 is 0 Å². The highest BCUT2D eigenvalue weighted by molar-refractivity contribution is 7.96. The summed E-state index contributed by atoms with van der Waals surface area (Å²) in [5, 5.41) is 2.56. The third kappa shape index (κ3) is 3.79. The molecule has 4 nitrogen and oxygen atoms in total. The van der Waals surface area contributed by atoms with Gasteiger partial charge in [0.25, 0.3) is 0 Å². The number of pyridine rings is 1. The molecule has 0 saturated heterocycles. The van der Waals surface area contributed by atoms with E-state index in [2.05, 4.69) is 10.3 Å². The van der Waals surface area contributed by atoms with Gasteiger partial charge in [-0.3, -0.25) is 9.29 Å². The summed E-state index contributed by atoms with van der Waals surface area (Å²) in [4.78, 5) is 15.4. The second kappa shape index (κ2) is 5.60. The third-order valence-electron chi connectivity index (χ3n) is 1.90. The second-order valence-corrected chi connectivity index (χ2v) is 4.23. The number of amides is 2. The molecule has 2 amide bonds. The molecular weight excluding hydrogens is 210 g/mol. The van der Waals surface area contributed by atoms with Crippen LogP contribution < -0.4 is 5.32 Å². The number of carbonyl (C=O) groups excluding carboxylic acids is 1. The average molecular weight is 225 g/mol. The van der Waals surface area contributed by atoms with E-state index < -0.39 is 0 Å². The highest BCUT2D eigenvalue weighted by Crippen LogP contribution is 2.14. The van der Waals surface area contributed by atoms with Gasteiger partial charge in [0.15, 0.2) is 0 Å². The van der Waals surface area contributed by atoms with Gasteiger partial charge in [0.1, 0.15) is 0 Å². The molecule has 0 aliphatic carbocycles. The van der Waals surface area contributed by atoms with E-state index in [-0.39, 0.29) is 6.03 Å². The summed E-state index contributed by atoms with van der Waals surface area (Å²) >= 11 is 1.45. The van der Waals surface area contributed by atoms with Crippen LogP contribution in [0.15, 0.2) is 18.3 Å². The monoisotopic (exact) mass is 225 g/mol. The molecule has 1 rings (SSSR count). The van der Waals surface area contributed by atoms with E-state index in [1.807, 2.05) is 25.3 Å². The summed E-state index contributed by atoms with van der Waals surface area (Å²) < 4.78 is 1.57. The number of aromatic nitrogens is 1. The van der Waals surface area contributed by atoms with Crippen molar-refractivity contribution in [2.75, 3.05) is 14.1 Å². The lowest BCUT2D eigenvalue weighted by atomic mass is 10.3. The molecule has 1 aromatic rings. The molecule has 1 heterocycles. The van der Waals surface area contributed by atoms with Crippen LogP contribution >= 0.6 is 11.9 Å². The Hall–Kier alpha value is -1.23. The van der Waals surface area contributed by atoms with Crippen LogP contribution in [0.1, 0.15) is 11.3 Å². The summed E-state index contributed by atoms with van der Waals surface area (Å²) in [5.74, 6) is 0.747. The van der Waals surface area contributed by atoms with Crippen LogP contribution in [0.4, 0.5) is 4.79 Å². The molecule has 0 atom stereocenters. The Bertz CT molecular complexity index is 326. The van der Waals surface area contributed by atoms with Crippen molar-refractivity contribution >= 4 is 18.0 Å². The van der Waals surface area contributed by atoms with Crippen molar-refractivity contribution in [2.24, 2.45) is 0 Å². The number of aryl methyl sites for hydroxylation is 1. The Morgan fingerprint density at radius 3 is 2.87 bits per heavy atom. The van der Waals surface area contributed by atoms with Gasteiger partial charge in [-0.25, -0.2) is 4.79 Å². The smallest absolute Gasteiger partial charge is 0.326 e. The van der Waals surface area contributed by atoms with Gasteiger partial charge in [-0.15, -0.1) is 0 Å². The zero-order valence-electron chi connectivity index (χ0n) is 9.15. The molecule has 82 valence electrons. The fourth-order valence-electron chi connectivity index (χ4n) is 0.971. The fraction of sp³-hybridized carbons (Fsp3) is 0.400. The number of rotatable bonds is 3. The predicted octanol–water partition coefficient (Wildman–Crippen LogP) is 1.81. The summed E-state index contributed by atoms with van der Waals surface area (Å²) in [5.41, 5.74) is 2.12. The van der Waals surface area contributed by atoms with Gasteiger partial charge in [0.2, 0.25) is 0 Å². The summed E-state index contributed by atoms with van der Waals surface area (Å²) in [6.45, 7) is 1.95. The molecule has 1 aromatic heterocycles. The van der Waals surface area contributed by atoms with Gasteiger partial charge in [-0.2, -0.15) is 0 Å². The third-order valence-corrected chi connectivity index (χ3v) is 2.91. The SMILES string of the molecule is CNC(=O)N(C)SCc1ccc(C)nc1. The van der Waals surface area contributed by atoms with E-state index in [0.29, 0.717) is 0 Å². The topological polar surface area (TPSA) is 45.2 Å². The molecular formula is C10H15N3OS. The number of nitrogens with zero attached hydrogens (tertiary/aromatic N) is 2. The van der Waals surface area contributed by atoms with E-state index in [0.717, 1.165) is 17.0 Å². The highest BCUT2D eigenvalue weighted by Gasteiger charge is 2.06. The standard InChI is InChI=1S/C10H15N3OS/c1-8-4-5-9(6-12-8)7-15-13(3)10(14)11-2/h4-6H,7H2,1-3H3,(H,11,14). The largest absolute Gasteiger partial charge is 0.340 e.